The van der Waals surface area contributed by atoms with Crippen LogP contribution in [0.5, 0.6) is 11.5 Å². The van der Waals surface area contributed by atoms with E-state index in [0.717, 1.165) is 12.0 Å². The van der Waals surface area contributed by atoms with Crippen LogP contribution in [0.3, 0.4) is 0 Å². The summed E-state index contributed by atoms with van der Waals surface area (Å²) in [6.07, 6.45) is 1.65. The first kappa shape index (κ1) is 14.3. The zero-order chi connectivity index (χ0) is 14.5. The summed E-state index contributed by atoms with van der Waals surface area (Å²) >= 11 is 0. The van der Waals surface area contributed by atoms with Gasteiger partial charge in [-0.15, -0.1) is 0 Å². The lowest BCUT2D eigenvalue weighted by molar-refractivity contribution is 0.350. The standard InChI is InChI=1S/C14H19N3O3/c1-3-9(8-15)6-13-16-14(17-20-13)10-4-5-11(18)12(7-10)19-2/h4-5,7,9,18H,3,6,8,15H2,1-2H3. The quantitative estimate of drug-likeness (QED) is 0.838. The molecule has 0 amide bonds. The Hall–Kier alpha value is -2.08. The van der Waals surface area contributed by atoms with Crippen molar-refractivity contribution in [3.63, 3.8) is 0 Å². The number of aromatic hydroxyl groups is 1. The molecule has 1 unspecified atom stereocenters. The molecule has 0 saturated heterocycles. The molecular weight excluding hydrogens is 258 g/mol. The van der Waals surface area contributed by atoms with Crippen LogP contribution in [0.15, 0.2) is 22.7 Å². The van der Waals surface area contributed by atoms with E-state index in [9.17, 15) is 5.11 Å². The number of phenolic OH excluding ortho intramolecular Hbond substituents is 1. The van der Waals surface area contributed by atoms with Gasteiger partial charge in [0.05, 0.1) is 7.11 Å². The Morgan fingerprint density at radius 3 is 2.90 bits per heavy atom. The molecule has 1 aromatic heterocycles. The number of nitrogens with two attached hydrogens (primary N) is 1. The van der Waals surface area contributed by atoms with E-state index in [1.54, 1.807) is 18.2 Å². The van der Waals surface area contributed by atoms with E-state index in [1.807, 2.05) is 0 Å². The Morgan fingerprint density at radius 2 is 2.25 bits per heavy atom. The molecule has 2 aromatic rings. The van der Waals surface area contributed by atoms with Crippen LogP contribution in [0, 0.1) is 5.92 Å². The molecule has 2 rings (SSSR count). The van der Waals surface area contributed by atoms with Gasteiger partial charge in [0.1, 0.15) is 0 Å². The maximum Gasteiger partial charge on any atom is 0.227 e. The number of hydrogen-bond donors (Lipinski definition) is 2. The van der Waals surface area contributed by atoms with Gasteiger partial charge in [0.25, 0.3) is 0 Å². The van der Waals surface area contributed by atoms with Crippen molar-refractivity contribution in [2.75, 3.05) is 13.7 Å². The average Bonchev–Trinajstić information content (AvgIpc) is 2.93. The van der Waals surface area contributed by atoms with Crippen molar-refractivity contribution in [2.45, 2.75) is 19.8 Å². The monoisotopic (exact) mass is 277 g/mol. The molecule has 0 fully saturated rings. The first-order valence-corrected chi connectivity index (χ1v) is 6.58. The maximum absolute atomic E-state index is 9.57. The minimum absolute atomic E-state index is 0.0779. The lowest BCUT2D eigenvalue weighted by Crippen LogP contribution is -2.15. The number of rotatable bonds is 6. The van der Waals surface area contributed by atoms with Crippen LogP contribution in [-0.2, 0) is 6.42 Å². The van der Waals surface area contributed by atoms with Gasteiger partial charge in [-0.3, -0.25) is 0 Å². The molecule has 0 radical (unpaired) electrons. The van der Waals surface area contributed by atoms with Crippen molar-refractivity contribution in [3.8, 4) is 22.9 Å². The fourth-order valence-electron chi connectivity index (χ4n) is 1.91. The van der Waals surface area contributed by atoms with Gasteiger partial charge in [0.15, 0.2) is 11.5 Å². The van der Waals surface area contributed by atoms with Gasteiger partial charge in [-0.05, 0) is 30.7 Å². The van der Waals surface area contributed by atoms with Crippen LogP contribution in [-0.4, -0.2) is 28.9 Å². The van der Waals surface area contributed by atoms with E-state index >= 15 is 0 Å². The highest BCUT2D eigenvalue weighted by Gasteiger charge is 2.14. The second-order valence-corrected chi connectivity index (χ2v) is 4.61. The third-order valence-electron chi connectivity index (χ3n) is 3.28. The Labute approximate surface area is 117 Å². The summed E-state index contributed by atoms with van der Waals surface area (Å²) in [5.41, 5.74) is 6.40. The number of hydrogen-bond acceptors (Lipinski definition) is 6. The van der Waals surface area contributed by atoms with Gasteiger partial charge >= 0.3 is 0 Å². The summed E-state index contributed by atoms with van der Waals surface area (Å²) < 4.78 is 10.3. The summed E-state index contributed by atoms with van der Waals surface area (Å²) in [5.74, 6) is 1.85. The van der Waals surface area contributed by atoms with Crippen LogP contribution < -0.4 is 10.5 Å². The Morgan fingerprint density at radius 1 is 1.45 bits per heavy atom. The van der Waals surface area contributed by atoms with Crippen LogP contribution in [0.25, 0.3) is 11.4 Å². The largest absolute Gasteiger partial charge is 0.504 e. The summed E-state index contributed by atoms with van der Waals surface area (Å²) in [6.45, 7) is 2.68. The van der Waals surface area contributed by atoms with E-state index in [4.69, 9.17) is 15.0 Å². The third kappa shape index (κ3) is 3.08. The number of ether oxygens (including phenoxy) is 1. The van der Waals surface area contributed by atoms with E-state index in [1.165, 1.54) is 7.11 Å². The van der Waals surface area contributed by atoms with Crippen LogP contribution in [0.1, 0.15) is 19.2 Å². The minimum Gasteiger partial charge on any atom is -0.504 e. The maximum atomic E-state index is 9.57. The number of benzene rings is 1. The molecule has 108 valence electrons. The molecule has 3 N–H and O–H groups in total. The average molecular weight is 277 g/mol. The van der Waals surface area contributed by atoms with Gasteiger partial charge in [0, 0.05) is 12.0 Å². The van der Waals surface area contributed by atoms with Gasteiger partial charge in [-0.25, -0.2) is 0 Å². The molecule has 0 spiro atoms. The van der Waals surface area contributed by atoms with Gasteiger partial charge < -0.3 is 20.1 Å². The molecule has 0 saturated carbocycles. The van der Waals surface area contributed by atoms with Crippen LogP contribution >= 0.6 is 0 Å². The lowest BCUT2D eigenvalue weighted by Gasteiger charge is -2.07. The van der Waals surface area contributed by atoms with Gasteiger partial charge in [0.2, 0.25) is 11.7 Å². The molecule has 1 atom stereocenters. The Balaban J connectivity index is 2.20. The molecule has 6 heteroatoms. The molecule has 1 heterocycles. The van der Waals surface area contributed by atoms with E-state index < -0.39 is 0 Å². The highest BCUT2D eigenvalue weighted by Crippen LogP contribution is 2.30. The smallest absolute Gasteiger partial charge is 0.227 e. The van der Waals surface area contributed by atoms with E-state index in [2.05, 4.69) is 17.1 Å². The molecule has 0 bridgehead atoms. The summed E-state index contributed by atoms with van der Waals surface area (Å²) in [6, 6.07) is 4.93. The second kappa shape index (κ2) is 6.38. The lowest BCUT2D eigenvalue weighted by atomic mass is 10.0. The number of nitrogens with zero attached hydrogens (tertiary/aromatic N) is 2. The summed E-state index contributed by atoms with van der Waals surface area (Å²) in [7, 11) is 1.49. The predicted molar refractivity (Wildman–Crippen MR) is 74.5 cm³/mol. The van der Waals surface area contributed by atoms with Crippen molar-refractivity contribution in [2.24, 2.45) is 11.7 Å². The highest BCUT2D eigenvalue weighted by atomic mass is 16.5. The second-order valence-electron chi connectivity index (χ2n) is 4.61. The molecule has 0 aliphatic heterocycles. The van der Waals surface area contributed by atoms with Crippen molar-refractivity contribution in [1.29, 1.82) is 0 Å². The molecule has 1 aromatic carbocycles. The van der Waals surface area contributed by atoms with Gasteiger partial charge in [-0.1, -0.05) is 18.5 Å². The van der Waals surface area contributed by atoms with E-state index in [-0.39, 0.29) is 5.75 Å². The summed E-state index contributed by atoms with van der Waals surface area (Å²) in [5, 5.41) is 13.5. The molecule has 0 aliphatic rings. The minimum atomic E-state index is 0.0779. The van der Waals surface area contributed by atoms with Crippen LogP contribution in [0.4, 0.5) is 0 Å². The zero-order valence-corrected chi connectivity index (χ0v) is 11.7. The number of methoxy groups -OCH3 is 1. The molecule has 0 aliphatic carbocycles. The SMILES string of the molecule is CCC(CN)Cc1nc(-c2ccc(O)c(OC)c2)no1. The molecule has 6 nitrogen and oxygen atoms in total. The van der Waals surface area contributed by atoms with E-state index in [0.29, 0.717) is 36.3 Å². The normalized spacial score (nSPS) is 12.3. The van der Waals surface area contributed by atoms with Crippen molar-refractivity contribution < 1.29 is 14.4 Å². The highest BCUT2D eigenvalue weighted by molar-refractivity contribution is 5.60. The molecule has 20 heavy (non-hydrogen) atoms. The third-order valence-corrected chi connectivity index (χ3v) is 3.28. The van der Waals surface area contributed by atoms with Crippen LogP contribution in [0.2, 0.25) is 0 Å². The first-order chi connectivity index (χ1) is 9.67. The summed E-state index contributed by atoms with van der Waals surface area (Å²) in [4.78, 5) is 4.35. The van der Waals surface area contributed by atoms with Crippen molar-refractivity contribution in [1.82, 2.24) is 10.1 Å². The van der Waals surface area contributed by atoms with Crippen molar-refractivity contribution >= 4 is 0 Å². The fraction of sp³-hybridized carbons (Fsp3) is 0.429. The predicted octanol–water partition coefficient (Wildman–Crippen LogP) is 1.98. The van der Waals surface area contributed by atoms with Gasteiger partial charge in [-0.2, -0.15) is 4.98 Å². The molecular formula is C14H19N3O3. The fourth-order valence-corrected chi connectivity index (χ4v) is 1.91. The Bertz CT molecular complexity index is 565. The zero-order valence-electron chi connectivity index (χ0n) is 11.7. The number of aromatic nitrogens is 2. The topological polar surface area (TPSA) is 94.4 Å². The number of phenols is 1. The Kier molecular flexibility index (Phi) is 4.57. The van der Waals surface area contributed by atoms with Crippen molar-refractivity contribution in [3.05, 3.63) is 24.1 Å². The first-order valence-electron chi connectivity index (χ1n) is 6.58.